The Morgan fingerprint density at radius 3 is 2.47 bits per heavy atom. The number of halogens is 4. The third-order valence-electron chi connectivity index (χ3n) is 5.40. The second kappa shape index (κ2) is 9.03. The van der Waals surface area contributed by atoms with Gasteiger partial charge in [0.05, 0.1) is 5.69 Å². The van der Waals surface area contributed by atoms with E-state index in [1.807, 2.05) is 11.0 Å². The summed E-state index contributed by atoms with van der Waals surface area (Å²) in [6.07, 6.45) is -0.913. The molecule has 0 radical (unpaired) electrons. The first-order valence-electron chi connectivity index (χ1n) is 9.76. The van der Waals surface area contributed by atoms with E-state index in [2.05, 4.69) is 15.3 Å². The van der Waals surface area contributed by atoms with Crippen molar-refractivity contribution >= 4 is 5.96 Å². The lowest BCUT2D eigenvalue weighted by Crippen LogP contribution is -2.56. The maximum atomic E-state index is 14.6. The highest BCUT2D eigenvalue weighted by Gasteiger charge is 2.41. The van der Waals surface area contributed by atoms with Crippen LogP contribution < -0.4 is 5.32 Å². The molecule has 0 aliphatic carbocycles. The Morgan fingerprint density at radius 2 is 1.93 bits per heavy atom. The molecular formula is C20H26F4N6. The van der Waals surface area contributed by atoms with Gasteiger partial charge < -0.3 is 14.8 Å². The van der Waals surface area contributed by atoms with Crippen LogP contribution in [0.2, 0.25) is 0 Å². The van der Waals surface area contributed by atoms with Gasteiger partial charge in [-0.1, -0.05) is 6.07 Å². The zero-order valence-corrected chi connectivity index (χ0v) is 17.2. The maximum Gasteiger partial charge on any atom is 0.403 e. The number of aromatic nitrogens is 2. The molecule has 30 heavy (non-hydrogen) atoms. The highest BCUT2D eigenvalue weighted by Crippen LogP contribution is 2.25. The summed E-state index contributed by atoms with van der Waals surface area (Å²) in [5.74, 6) is 0.920. The molecular weight excluding hydrogens is 400 g/mol. The normalized spacial score (nSPS) is 17.3. The number of nitrogens with zero attached hydrogens (tertiary/aromatic N) is 5. The number of aliphatic imine (C=N–C) groups is 1. The minimum atomic E-state index is -4.23. The molecule has 164 valence electrons. The van der Waals surface area contributed by atoms with Crippen LogP contribution in [0.25, 0.3) is 5.69 Å². The van der Waals surface area contributed by atoms with Crippen molar-refractivity contribution in [2.24, 2.45) is 4.99 Å². The molecule has 1 saturated heterocycles. The molecule has 1 atom stereocenters. The Morgan fingerprint density at radius 1 is 1.23 bits per heavy atom. The predicted octanol–water partition coefficient (Wildman–Crippen LogP) is 2.96. The van der Waals surface area contributed by atoms with Crippen molar-refractivity contribution < 1.29 is 17.6 Å². The smallest absolute Gasteiger partial charge is 0.352 e. The van der Waals surface area contributed by atoms with E-state index >= 15 is 0 Å². The Balaban J connectivity index is 1.58. The number of aryl methyl sites for hydroxylation is 1. The molecule has 0 amide bonds. The van der Waals surface area contributed by atoms with E-state index in [1.165, 1.54) is 17.9 Å². The SMILES string of the molecule is CN=C(NCc1ccc(-n2ccnc2C)c(F)c1)N1CCN(C(C)C(F)(F)F)CC1. The fraction of sp³-hybridized carbons (Fsp3) is 0.500. The van der Waals surface area contributed by atoms with Gasteiger partial charge in [-0.25, -0.2) is 9.37 Å². The van der Waals surface area contributed by atoms with Crippen LogP contribution in [-0.2, 0) is 6.54 Å². The summed E-state index contributed by atoms with van der Waals surface area (Å²) in [7, 11) is 1.62. The molecule has 1 fully saturated rings. The third kappa shape index (κ3) is 4.92. The molecule has 0 spiro atoms. The summed E-state index contributed by atoms with van der Waals surface area (Å²) >= 11 is 0. The van der Waals surface area contributed by atoms with E-state index in [1.54, 1.807) is 37.0 Å². The zero-order valence-electron chi connectivity index (χ0n) is 17.2. The van der Waals surface area contributed by atoms with Gasteiger partial charge in [-0.2, -0.15) is 13.2 Å². The van der Waals surface area contributed by atoms with Crippen molar-refractivity contribution in [2.75, 3.05) is 33.2 Å². The van der Waals surface area contributed by atoms with Crippen LogP contribution in [0.1, 0.15) is 18.3 Å². The number of guanidine groups is 1. The van der Waals surface area contributed by atoms with Crippen LogP contribution in [0.4, 0.5) is 17.6 Å². The number of benzene rings is 1. The van der Waals surface area contributed by atoms with E-state index in [9.17, 15) is 17.6 Å². The summed E-state index contributed by atoms with van der Waals surface area (Å²) in [6.45, 7) is 4.82. The largest absolute Gasteiger partial charge is 0.403 e. The lowest BCUT2D eigenvalue weighted by Gasteiger charge is -2.39. The number of hydrogen-bond acceptors (Lipinski definition) is 3. The van der Waals surface area contributed by atoms with Crippen molar-refractivity contribution in [3.63, 3.8) is 0 Å². The van der Waals surface area contributed by atoms with Gasteiger partial charge in [-0.3, -0.25) is 9.89 Å². The standard InChI is InChI=1S/C20H26F4N6/c1-14(20(22,23)24)28-8-10-29(11-9-28)19(25-3)27-13-16-4-5-18(17(21)12-16)30-7-6-26-15(30)2/h4-7,12,14H,8-11,13H2,1-3H3,(H,25,27). The van der Waals surface area contributed by atoms with E-state index < -0.39 is 12.2 Å². The monoisotopic (exact) mass is 426 g/mol. The molecule has 1 aliphatic rings. The van der Waals surface area contributed by atoms with E-state index in [0.717, 1.165) is 5.56 Å². The lowest BCUT2D eigenvalue weighted by molar-refractivity contribution is -0.181. The van der Waals surface area contributed by atoms with Crippen LogP contribution in [0, 0.1) is 12.7 Å². The molecule has 2 aromatic rings. The number of imidazole rings is 1. The average Bonchev–Trinajstić information content (AvgIpc) is 3.13. The Labute approximate surface area is 173 Å². The summed E-state index contributed by atoms with van der Waals surface area (Å²) in [5.41, 5.74) is 1.16. The number of alkyl halides is 3. The van der Waals surface area contributed by atoms with E-state index in [0.29, 0.717) is 50.2 Å². The first-order valence-corrected chi connectivity index (χ1v) is 9.76. The van der Waals surface area contributed by atoms with Crippen LogP contribution >= 0.6 is 0 Å². The molecule has 0 bridgehead atoms. The minimum absolute atomic E-state index is 0.301. The highest BCUT2D eigenvalue weighted by atomic mass is 19.4. The van der Waals surface area contributed by atoms with Crippen molar-refractivity contribution in [1.82, 2.24) is 24.7 Å². The fourth-order valence-electron chi connectivity index (χ4n) is 3.53. The highest BCUT2D eigenvalue weighted by molar-refractivity contribution is 5.80. The maximum absolute atomic E-state index is 14.6. The van der Waals surface area contributed by atoms with Crippen LogP contribution in [0.5, 0.6) is 0 Å². The Kier molecular flexibility index (Phi) is 6.64. The third-order valence-corrected chi connectivity index (χ3v) is 5.40. The zero-order chi connectivity index (χ0) is 21.9. The van der Waals surface area contributed by atoms with Crippen molar-refractivity contribution in [2.45, 2.75) is 32.6 Å². The fourth-order valence-corrected chi connectivity index (χ4v) is 3.53. The molecule has 6 nitrogen and oxygen atoms in total. The van der Waals surface area contributed by atoms with Gasteiger partial charge in [-0.05, 0) is 31.5 Å². The first kappa shape index (κ1) is 22.1. The number of piperazine rings is 1. The molecule has 10 heteroatoms. The molecule has 2 heterocycles. The minimum Gasteiger partial charge on any atom is -0.352 e. The van der Waals surface area contributed by atoms with E-state index in [-0.39, 0.29) is 5.82 Å². The molecule has 1 aliphatic heterocycles. The molecule has 1 aromatic carbocycles. The average molecular weight is 426 g/mol. The van der Waals surface area contributed by atoms with Crippen molar-refractivity contribution in [3.8, 4) is 5.69 Å². The van der Waals surface area contributed by atoms with Gasteiger partial charge >= 0.3 is 6.18 Å². The van der Waals surface area contributed by atoms with Crippen LogP contribution in [0.15, 0.2) is 35.6 Å². The van der Waals surface area contributed by atoms with Gasteiger partial charge in [0.1, 0.15) is 17.7 Å². The quantitative estimate of drug-likeness (QED) is 0.464. The summed E-state index contributed by atoms with van der Waals surface area (Å²) in [4.78, 5) is 11.7. The van der Waals surface area contributed by atoms with Gasteiger partial charge in [0.25, 0.3) is 0 Å². The number of rotatable bonds is 4. The second-order valence-corrected chi connectivity index (χ2v) is 7.27. The van der Waals surface area contributed by atoms with E-state index in [4.69, 9.17) is 0 Å². The summed E-state index contributed by atoms with van der Waals surface area (Å²) in [5, 5.41) is 3.17. The topological polar surface area (TPSA) is 48.7 Å². The summed E-state index contributed by atoms with van der Waals surface area (Å²) < 4.78 is 55.0. The first-order chi connectivity index (χ1) is 14.2. The number of hydrogen-bond donors (Lipinski definition) is 1. The molecule has 0 saturated carbocycles. The Bertz CT molecular complexity index is 884. The van der Waals surface area contributed by atoms with Gasteiger partial charge in [0.2, 0.25) is 0 Å². The van der Waals surface area contributed by atoms with Gasteiger partial charge in [0.15, 0.2) is 5.96 Å². The molecule has 3 rings (SSSR count). The Hall–Kier alpha value is -2.62. The van der Waals surface area contributed by atoms with Crippen LogP contribution in [0.3, 0.4) is 0 Å². The van der Waals surface area contributed by atoms with Gasteiger partial charge in [-0.15, -0.1) is 0 Å². The van der Waals surface area contributed by atoms with Gasteiger partial charge in [0, 0.05) is 52.2 Å². The molecule has 1 aromatic heterocycles. The lowest BCUT2D eigenvalue weighted by atomic mass is 10.2. The van der Waals surface area contributed by atoms with Crippen molar-refractivity contribution in [1.29, 1.82) is 0 Å². The predicted molar refractivity (Wildman–Crippen MR) is 107 cm³/mol. The van der Waals surface area contributed by atoms with Crippen LogP contribution in [-0.4, -0.2) is 70.8 Å². The molecule has 1 N–H and O–H groups in total. The molecule has 1 unspecified atom stereocenters. The number of nitrogens with one attached hydrogen (secondary N) is 1. The van der Waals surface area contributed by atoms with Crippen molar-refractivity contribution in [3.05, 3.63) is 47.8 Å². The summed E-state index contributed by atoms with van der Waals surface area (Å²) in [6, 6.07) is 3.51. The second-order valence-electron chi connectivity index (χ2n) is 7.27.